The van der Waals surface area contributed by atoms with Gasteiger partial charge in [0.25, 0.3) is 0 Å². The molecule has 2 aliphatic rings. The molecule has 2 rings (SSSR count). The largest absolute Gasteiger partial charge is 0.352 e. The lowest BCUT2D eigenvalue weighted by Gasteiger charge is -2.23. The number of hydrogen-bond acceptors (Lipinski definition) is 4. The van der Waals surface area contributed by atoms with Gasteiger partial charge in [-0.2, -0.15) is 0 Å². The van der Waals surface area contributed by atoms with Crippen LogP contribution in [-0.4, -0.2) is 41.2 Å². The summed E-state index contributed by atoms with van der Waals surface area (Å²) in [4.78, 5) is 45.5. The van der Waals surface area contributed by atoms with E-state index in [0.29, 0.717) is 0 Å². The number of amides is 5. The number of rotatable bonds is 3. The molecule has 1 saturated carbocycles. The molecular formula is C9H11N3O4. The van der Waals surface area contributed by atoms with Gasteiger partial charge in [-0.25, -0.2) is 4.79 Å². The van der Waals surface area contributed by atoms with E-state index in [1.54, 1.807) is 0 Å². The molecule has 5 amide bonds. The van der Waals surface area contributed by atoms with Crippen molar-refractivity contribution in [2.75, 3.05) is 6.54 Å². The van der Waals surface area contributed by atoms with Crippen molar-refractivity contribution in [1.82, 2.24) is 15.5 Å². The number of carbonyl (C=O) groups excluding carboxylic acids is 4. The van der Waals surface area contributed by atoms with Gasteiger partial charge in [-0.15, -0.1) is 0 Å². The van der Waals surface area contributed by atoms with Crippen molar-refractivity contribution in [3.8, 4) is 0 Å². The fourth-order valence-electron chi connectivity index (χ4n) is 1.38. The maximum Gasteiger partial charge on any atom is 0.331 e. The van der Waals surface area contributed by atoms with E-state index in [-0.39, 0.29) is 24.9 Å². The van der Waals surface area contributed by atoms with Crippen LogP contribution in [0, 0.1) is 0 Å². The van der Waals surface area contributed by atoms with Crippen LogP contribution in [-0.2, 0) is 14.4 Å². The Labute approximate surface area is 91.2 Å². The lowest BCUT2D eigenvalue weighted by atomic mass is 10.3. The quantitative estimate of drug-likeness (QED) is 0.585. The van der Waals surface area contributed by atoms with E-state index in [2.05, 4.69) is 5.32 Å². The molecule has 0 atom stereocenters. The first kappa shape index (κ1) is 10.6. The van der Waals surface area contributed by atoms with Gasteiger partial charge in [0.1, 0.15) is 13.0 Å². The van der Waals surface area contributed by atoms with Crippen LogP contribution in [0.1, 0.15) is 19.3 Å². The lowest BCUT2D eigenvalue weighted by molar-refractivity contribution is -0.139. The molecule has 0 spiro atoms. The molecule has 0 radical (unpaired) electrons. The molecule has 2 N–H and O–H groups in total. The summed E-state index contributed by atoms with van der Waals surface area (Å²) in [6.45, 7) is -0.325. The van der Waals surface area contributed by atoms with Crippen molar-refractivity contribution in [1.29, 1.82) is 0 Å². The number of urea groups is 1. The Hall–Kier alpha value is -1.92. The molecule has 7 nitrogen and oxygen atoms in total. The Morgan fingerprint density at radius 2 is 2.06 bits per heavy atom. The molecule has 86 valence electrons. The Morgan fingerprint density at radius 1 is 1.38 bits per heavy atom. The van der Waals surface area contributed by atoms with Gasteiger partial charge in [-0.1, -0.05) is 0 Å². The fourth-order valence-corrected chi connectivity index (χ4v) is 1.38. The number of hydrogen-bond donors (Lipinski definition) is 2. The highest BCUT2D eigenvalue weighted by molar-refractivity contribution is 6.15. The zero-order chi connectivity index (χ0) is 11.7. The van der Waals surface area contributed by atoms with E-state index >= 15 is 0 Å². The van der Waals surface area contributed by atoms with Crippen LogP contribution >= 0.6 is 0 Å². The zero-order valence-corrected chi connectivity index (χ0v) is 8.49. The standard InChI is InChI=1S/C9H11N3O4/c13-6-3-8(15)12(9(16)11-6)4-7(14)10-5-1-2-5/h5H,1-4H2,(H,10,14)(H,11,13,16). The van der Waals surface area contributed by atoms with E-state index < -0.39 is 17.8 Å². The summed E-state index contributed by atoms with van der Waals surface area (Å²) in [5.74, 6) is -1.64. The van der Waals surface area contributed by atoms with E-state index in [0.717, 1.165) is 17.7 Å². The van der Waals surface area contributed by atoms with Gasteiger partial charge in [-0.3, -0.25) is 24.6 Å². The van der Waals surface area contributed by atoms with Gasteiger partial charge in [-0.05, 0) is 12.8 Å². The van der Waals surface area contributed by atoms with Crippen molar-refractivity contribution >= 4 is 23.8 Å². The van der Waals surface area contributed by atoms with Crippen LogP contribution in [0.3, 0.4) is 0 Å². The summed E-state index contributed by atoms with van der Waals surface area (Å²) in [7, 11) is 0. The Morgan fingerprint density at radius 3 is 2.62 bits per heavy atom. The first-order chi connectivity index (χ1) is 7.56. The second-order valence-corrected chi connectivity index (χ2v) is 3.85. The van der Waals surface area contributed by atoms with Gasteiger partial charge >= 0.3 is 6.03 Å². The Bertz CT molecular complexity index is 355. The monoisotopic (exact) mass is 225 g/mol. The normalized spacial score (nSPS) is 20.8. The third-order valence-electron chi connectivity index (χ3n) is 2.35. The fraction of sp³-hybridized carbons (Fsp3) is 0.556. The average Bonchev–Trinajstić information content (AvgIpc) is 2.95. The topological polar surface area (TPSA) is 95.6 Å². The first-order valence-electron chi connectivity index (χ1n) is 5.00. The van der Waals surface area contributed by atoms with Crippen molar-refractivity contribution < 1.29 is 19.2 Å². The lowest BCUT2D eigenvalue weighted by Crippen LogP contribution is -2.55. The molecule has 0 bridgehead atoms. The predicted octanol–water partition coefficient (Wildman–Crippen LogP) is -1.27. The van der Waals surface area contributed by atoms with Crippen molar-refractivity contribution in [2.45, 2.75) is 25.3 Å². The number of nitrogens with one attached hydrogen (secondary N) is 2. The van der Waals surface area contributed by atoms with E-state index in [1.165, 1.54) is 0 Å². The molecule has 0 unspecified atom stereocenters. The summed E-state index contributed by atoms with van der Waals surface area (Å²) in [5, 5.41) is 4.64. The van der Waals surface area contributed by atoms with Gasteiger partial charge in [0, 0.05) is 6.04 Å². The van der Waals surface area contributed by atoms with Crippen LogP contribution in [0.4, 0.5) is 4.79 Å². The highest BCUT2D eigenvalue weighted by atomic mass is 16.2. The van der Waals surface area contributed by atoms with Crippen LogP contribution < -0.4 is 10.6 Å². The molecule has 1 aliphatic heterocycles. The SMILES string of the molecule is O=C1CC(=O)N(CC(=O)NC2CC2)C(=O)N1. The minimum atomic E-state index is -0.827. The third-order valence-corrected chi connectivity index (χ3v) is 2.35. The number of nitrogens with zero attached hydrogens (tertiary/aromatic N) is 1. The summed E-state index contributed by atoms with van der Waals surface area (Å²) >= 11 is 0. The molecule has 0 aromatic heterocycles. The molecule has 1 saturated heterocycles. The third kappa shape index (κ3) is 2.36. The van der Waals surface area contributed by atoms with E-state index in [1.807, 2.05) is 5.32 Å². The zero-order valence-electron chi connectivity index (χ0n) is 8.49. The smallest absolute Gasteiger partial charge is 0.331 e. The summed E-state index contributed by atoms with van der Waals surface area (Å²) in [6, 6.07) is -0.649. The second-order valence-electron chi connectivity index (χ2n) is 3.85. The molecule has 2 fully saturated rings. The highest BCUT2D eigenvalue weighted by Gasteiger charge is 2.33. The summed E-state index contributed by atoms with van der Waals surface area (Å²) in [6.07, 6.45) is 1.48. The Kier molecular flexibility index (Phi) is 2.59. The van der Waals surface area contributed by atoms with Crippen molar-refractivity contribution in [3.05, 3.63) is 0 Å². The molecule has 0 aromatic carbocycles. The van der Waals surface area contributed by atoms with Crippen LogP contribution in [0.2, 0.25) is 0 Å². The van der Waals surface area contributed by atoms with Crippen LogP contribution in [0.25, 0.3) is 0 Å². The van der Waals surface area contributed by atoms with E-state index in [9.17, 15) is 19.2 Å². The molecule has 1 heterocycles. The minimum Gasteiger partial charge on any atom is -0.352 e. The molecule has 16 heavy (non-hydrogen) atoms. The predicted molar refractivity (Wildman–Crippen MR) is 51.0 cm³/mol. The maximum absolute atomic E-state index is 11.4. The maximum atomic E-state index is 11.4. The molecular weight excluding hydrogens is 214 g/mol. The van der Waals surface area contributed by atoms with Crippen LogP contribution in [0.5, 0.6) is 0 Å². The van der Waals surface area contributed by atoms with Gasteiger partial charge < -0.3 is 5.32 Å². The minimum absolute atomic E-state index is 0.178. The number of carbonyl (C=O) groups is 4. The number of barbiturate groups is 1. The average molecular weight is 225 g/mol. The highest BCUT2D eigenvalue weighted by Crippen LogP contribution is 2.18. The van der Waals surface area contributed by atoms with Crippen LogP contribution in [0.15, 0.2) is 0 Å². The molecule has 7 heteroatoms. The first-order valence-corrected chi connectivity index (χ1v) is 5.00. The second kappa shape index (κ2) is 3.92. The van der Waals surface area contributed by atoms with Crippen molar-refractivity contribution in [2.24, 2.45) is 0 Å². The van der Waals surface area contributed by atoms with E-state index in [4.69, 9.17) is 0 Å². The van der Waals surface area contributed by atoms with Gasteiger partial charge in [0.05, 0.1) is 0 Å². The summed E-state index contributed by atoms with van der Waals surface area (Å²) in [5.41, 5.74) is 0. The van der Waals surface area contributed by atoms with Crippen molar-refractivity contribution in [3.63, 3.8) is 0 Å². The van der Waals surface area contributed by atoms with Gasteiger partial charge in [0.2, 0.25) is 17.7 Å². The Balaban J connectivity index is 1.91. The van der Waals surface area contributed by atoms with Gasteiger partial charge in [0.15, 0.2) is 0 Å². The molecule has 0 aromatic rings. The summed E-state index contributed by atoms with van der Waals surface area (Å²) < 4.78 is 0. The molecule has 1 aliphatic carbocycles. The number of imide groups is 2.